The van der Waals surface area contributed by atoms with Crippen LogP contribution in [0, 0.1) is 0 Å². The summed E-state index contributed by atoms with van der Waals surface area (Å²) in [6, 6.07) is 0. The summed E-state index contributed by atoms with van der Waals surface area (Å²) in [5.74, 6) is -1.85. The number of nitrogens with one attached hydrogen (secondary N) is 1. The van der Waals surface area contributed by atoms with Gasteiger partial charge in [0.15, 0.2) is 0 Å². The van der Waals surface area contributed by atoms with Gasteiger partial charge < -0.3 is 0 Å². The maximum Gasteiger partial charge on any atom is 0.456 e. The summed E-state index contributed by atoms with van der Waals surface area (Å²) < 4.78 is 36.2. The third-order valence-electron chi connectivity index (χ3n) is 2.28. The minimum atomic E-state index is -4.83. The highest BCUT2D eigenvalue weighted by atomic mass is 19.4. The van der Waals surface area contributed by atoms with Crippen molar-refractivity contribution >= 4 is 5.78 Å². The van der Waals surface area contributed by atoms with E-state index in [0.717, 1.165) is 6.42 Å². The van der Waals surface area contributed by atoms with Crippen molar-refractivity contribution in [2.24, 2.45) is 0 Å². The number of ketones is 1. The Balaban J connectivity index is 2.38. The molecule has 0 atom stereocenters. The molecule has 6 heteroatoms. The zero-order valence-electron chi connectivity index (χ0n) is 7.11. The van der Waals surface area contributed by atoms with Crippen molar-refractivity contribution in [3.8, 4) is 0 Å². The molecule has 1 N–H and O–H groups in total. The molecule has 1 aromatic rings. The van der Waals surface area contributed by atoms with E-state index < -0.39 is 17.7 Å². The molecule has 1 aliphatic carbocycles. The van der Waals surface area contributed by atoms with Crippen LogP contribution in [0.25, 0.3) is 0 Å². The molecule has 1 aromatic heterocycles. The van der Waals surface area contributed by atoms with E-state index in [-0.39, 0.29) is 0 Å². The van der Waals surface area contributed by atoms with E-state index >= 15 is 0 Å². The molecule has 0 saturated carbocycles. The highest BCUT2D eigenvalue weighted by Gasteiger charge is 2.42. The predicted octanol–water partition coefficient (Wildman–Crippen LogP) is 1.64. The number of alkyl halides is 3. The van der Waals surface area contributed by atoms with Gasteiger partial charge in [-0.2, -0.15) is 18.3 Å². The molecule has 2 rings (SSSR count). The van der Waals surface area contributed by atoms with Crippen molar-refractivity contribution in [2.75, 3.05) is 0 Å². The van der Waals surface area contributed by atoms with Gasteiger partial charge in [0.25, 0.3) is 5.78 Å². The second kappa shape index (κ2) is 2.83. The number of carbonyl (C=O) groups is 1. The number of H-pyrrole nitrogens is 1. The standard InChI is InChI=1S/C8H7F3N2O/c9-8(10,11)7(14)6-4-2-1-3-5(4)12-13-6/h1-3H2,(H,12,13). The number of hydrogen-bond donors (Lipinski definition) is 1. The fourth-order valence-electron chi connectivity index (χ4n) is 1.64. The second-order valence-electron chi connectivity index (χ2n) is 3.21. The van der Waals surface area contributed by atoms with Crippen molar-refractivity contribution in [3.05, 3.63) is 17.0 Å². The zero-order chi connectivity index (χ0) is 10.3. The Bertz CT molecular complexity index is 380. The molecule has 0 aliphatic heterocycles. The SMILES string of the molecule is O=C(c1n[nH]c2c1CCC2)C(F)(F)F. The highest BCUT2D eigenvalue weighted by molar-refractivity contribution is 6.00. The van der Waals surface area contributed by atoms with Gasteiger partial charge in [-0.15, -0.1) is 0 Å². The van der Waals surface area contributed by atoms with E-state index in [1.54, 1.807) is 0 Å². The minimum absolute atomic E-state index is 0.437. The van der Waals surface area contributed by atoms with Crippen LogP contribution in [0.3, 0.4) is 0 Å². The van der Waals surface area contributed by atoms with Crippen molar-refractivity contribution in [1.29, 1.82) is 0 Å². The quantitative estimate of drug-likeness (QED) is 0.707. The van der Waals surface area contributed by atoms with E-state index in [0.29, 0.717) is 24.1 Å². The Morgan fingerprint density at radius 3 is 2.71 bits per heavy atom. The summed E-state index contributed by atoms with van der Waals surface area (Å²) in [4.78, 5) is 10.9. The van der Waals surface area contributed by atoms with Crippen LogP contribution in [-0.4, -0.2) is 22.2 Å². The molecule has 76 valence electrons. The number of aryl methyl sites for hydroxylation is 1. The van der Waals surface area contributed by atoms with Crippen LogP contribution >= 0.6 is 0 Å². The molecule has 0 saturated heterocycles. The first-order valence-electron chi connectivity index (χ1n) is 4.18. The van der Waals surface area contributed by atoms with Crippen LogP contribution in [0.4, 0.5) is 13.2 Å². The summed E-state index contributed by atoms with van der Waals surface area (Å²) in [5.41, 5.74) is 0.648. The van der Waals surface area contributed by atoms with Gasteiger partial charge in [-0.3, -0.25) is 9.89 Å². The minimum Gasteiger partial charge on any atom is -0.282 e. The summed E-state index contributed by atoms with van der Waals surface area (Å²) in [6.45, 7) is 0. The lowest BCUT2D eigenvalue weighted by Crippen LogP contribution is -2.24. The number of aromatic amines is 1. The summed E-state index contributed by atoms with van der Waals surface area (Å²) in [6.07, 6.45) is -2.87. The van der Waals surface area contributed by atoms with Crippen molar-refractivity contribution in [3.63, 3.8) is 0 Å². The number of halogens is 3. The van der Waals surface area contributed by atoms with E-state index in [4.69, 9.17) is 0 Å². The number of fused-ring (bicyclic) bond motifs is 1. The van der Waals surface area contributed by atoms with Crippen molar-refractivity contribution in [1.82, 2.24) is 10.2 Å². The molecule has 0 fully saturated rings. The summed E-state index contributed by atoms with van der Waals surface area (Å²) in [7, 11) is 0. The predicted molar refractivity (Wildman–Crippen MR) is 41.0 cm³/mol. The first kappa shape index (κ1) is 9.23. The molecule has 3 nitrogen and oxygen atoms in total. The molecule has 0 amide bonds. The number of aromatic nitrogens is 2. The van der Waals surface area contributed by atoms with Gasteiger partial charge in [-0.1, -0.05) is 0 Å². The first-order chi connectivity index (χ1) is 6.50. The molecule has 1 aliphatic rings. The third kappa shape index (κ3) is 1.30. The van der Waals surface area contributed by atoms with E-state index in [1.807, 2.05) is 0 Å². The van der Waals surface area contributed by atoms with Gasteiger partial charge in [-0.25, -0.2) is 0 Å². The van der Waals surface area contributed by atoms with E-state index in [1.165, 1.54) is 0 Å². The average Bonchev–Trinajstić information content (AvgIpc) is 2.59. The smallest absolute Gasteiger partial charge is 0.282 e. The topological polar surface area (TPSA) is 45.8 Å². The van der Waals surface area contributed by atoms with Gasteiger partial charge in [0.05, 0.1) is 0 Å². The van der Waals surface area contributed by atoms with Crippen LogP contribution in [0.15, 0.2) is 0 Å². The largest absolute Gasteiger partial charge is 0.456 e. The molecular weight excluding hydrogens is 197 g/mol. The number of rotatable bonds is 1. The van der Waals surface area contributed by atoms with Gasteiger partial charge >= 0.3 is 6.18 Å². The van der Waals surface area contributed by atoms with Crippen molar-refractivity contribution < 1.29 is 18.0 Å². The number of nitrogens with zero attached hydrogens (tertiary/aromatic N) is 1. The Hall–Kier alpha value is -1.33. The Kier molecular flexibility index (Phi) is 1.87. The lowest BCUT2D eigenvalue weighted by atomic mass is 10.1. The molecule has 0 radical (unpaired) electrons. The highest BCUT2D eigenvalue weighted by Crippen LogP contribution is 2.28. The van der Waals surface area contributed by atoms with Crippen LogP contribution in [0.5, 0.6) is 0 Å². The Morgan fingerprint density at radius 1 is 1.36 bits per heavy atom. The van der Waals surface area contributed by atoms with Crippen LogP contribution in [0.1, 0.15) is 28.2 Å². The summed E-state index contributed by atoms with van der Waals surface area (Å²) in [5, 5.41) is 5.88. The molecule has 0 bridgehead atoms. The maximum atomic E-state index is 12.1. The van der Waals surface area contributed by atoms with Crippen LogP contribution < -0.4 is 0 Å². The molecule has 0 aromatic carbocycles. The Morgan fingerprint density at radius 2 is 2.07 bits per heavy atom. The van der Waals surface area contributed by atoms with Crippen LogP contribution in [0.2, 0.25) is 0 Å². The molecule has 0 spiro atoms. The summed E-state index contributed by atoms with van der Waals surface area (Å²) >= 11 is 0. The van der Waals surface area contributed by atoms with Crippen LogP contribution in [-0.2, 0) is 12.8 Å². The zero-order valence-corrected chi connectivity index (χ0v) is 7.11. The maximum absolute atomic E-state index is 12.1. The lowest BCUT2D eigenvalue weighted by molar-refractivity contribution is -0.0888. The van der Waals surface area contributed by atoms with Gasteiger partial charge in [0, 0.05) is 11.3 Å². The fourth-order valence-corrected chi connectivity index (χ4v) is 1.64. The lowest BCUT2D eigenvalue weighted by Gasteiger charge is -2.02. The molecule has 14 heavy (non-hydrogen) atoms. The van der Waals surface area contributed by atoms with E-state index in [2.05, 4.69) is 10.2 Å². The fraction of sp³-hybridized carbons (Fsp3) is 0.500. The molecule has 1 heterocycles. The number of hydrogen-bond acceptors (Lipinski definition) is 2. The van der Waals surface area contributed by atoms with Gasteiger partial charge in [-0.05, 0) is 19.3 Å². The van der Waals surface area contributed by atoms with E-state index in [9.17, 15) is 18.0 Å². The van der Waals surface area contributed by atoms with Gasteiger partial charge in [0.1, 0.15) is 5.69 Å². The average molecular weight is 204 g/mol. The Labute approximate surface area is 77.3 Å². The number of carbonyl (C=O) groups excluding carboxylic acids is 1. The monoisotopic (exact) mass is 204 g/mol. The third-order valence-corrected chi connectivity index (χ3v) is 2.28. The normalized spacial score (nSPS) is 15.6. The first-order valence-corrected chi connectivity index (χ1v) is 4.18. The molecular formula is C8H7F3N2O. The number of Topliss-reactive ketones (excluding diaryl/α,β-unsaturated/α-hetero) is 1. The van der Waals surface area contributed by atoms with Crippen molar-refractivity contribution in [2.45, 2.75) is 25.4 Å². The second-order valence-corrected chi connectivity index (χ2v) is 3.21. The molecule has 0 unspecified atom stereocenters. The van der Waals surface area contributed by atoms with Gasteiger partial charge in [0.2, 0.25) is 0 Å².